The van der Waals surface area contributed by atoms with Gasteiger partial charge in [-0.3, -0.25) is 9.59 Å². The smallest absolute Gasteiger partial charge is 0.407 e. The summed E-state index contributed by atoms with van der Waals surface area (Å²) in [5, 5.41) is 18.4. The number of rotatable bonds is 16. The van der Waals surface area contributed by atoms with Crippen LogP contribution in [0.25, 0.3) is 11.1 Å². The van der Waals surface area contributed by atoms with Crippen LogP contribution in [0.15, 0.2) is 127 Å². The molecule has 11 heteroatoms. The van der Waals surface area contributed by atoms with E-state index in [1.54, 1.807) is 60.7 Å². The second kappa shape index (κ2) is 19.2. The third kappa shape index (κ3) is 12.5. The van der Waals surface area contributed by atoms with Gasteiger partial charge in [-0.25, -0.2) is 9.59 Å². The summed E-state index contributed by atoms with van der Waals surface area (Å²) in [5.41, 5.74) is 5.51. The number of benzene rings is 5. The first-order chi connectivity index (χ1) is 29.0. The predicted octanol–water partition coefficient (Wildman–Crippen LogP) is 8.03. The van der Waals surface area contributed by atoms with Crippen LogP contribution in [0.3, 0.4) is 0 Å². The van der Waals surface area contributed by atoms with E-state index in [1.165, 1.54) is 0 Å². The van der Waals surface area contributed by atoms with Gasteiger partial charge in [0.1, 0.15) is 47.4 Å². The van der Waals surface area contributed by atoms with Crippen LogP contribution < -0.4 is 25.4 Å². The zero-order valence-electron chi connectivity index (χ0n) is 35.6. The van der Waals surface area contributed by atoms with E-state index in [4.69, 9.17) is 14.2 Å². The molecule has 0 bridgehead atoms. The number of hydrogen-bond donors (Lipinski definition) is 4. The summed E-state index contributed by atoms with van der Waals surface area (Å²) in [6.45, 7) is 11.7. The topological polar surface area (TPSA) is 152 Å². The van der Waals surface area contributed by atoms with Gasteiger partial charge in [0.15, 0.2) is 0 Å². The van der Waals surface area contributed by atoms with Crippen LogP contribution in [0.4, 0.5) is 4.79 Å². The van der Waals surface area contributed by atoms with Crippen molar-refractivity contribution in [2.24, 2.45) is 0 Å². The Hall–Kier alpha value is -6.62. The van der Waals surface area contributed by atoms with Crippen LogP contribution >= 0.6 is 0 Å². The number of fused-ring (bicyclic) bond motifs is 3. The predicted molar refractivity (Wildman–Crippen MR) is 235 cm³/mol. The third-order valence-corrected chi connectivity index (χ3v) is 10.1. The van der Waals surface area contributed by atoms with Crippen LogP contribution in [0, 0.1) is 0 Å². The molecule has 3 atom stereocenters. The van der Waals surface area contributed by atoms with Gasteiger partial charge in [0.25, 0.3) is 0 Å². The van der Waals surface area contributed by atoms with Crippen LogP contribution in [0.5, 0.6) is 11.5 Å². The highest BCUT2D eigenvalue weighted by molar-refractivity contribution is 5.93. The minimum Gasteiger partial charge on any atom is -0.488 e. The molecular formula is C50H55N3O8. The SMILES string of the molecule is CC(C)(C)Oc1ccc(C[C@H](NC(=O)OCC2c3ccccc3-c3ccccc32)C(=O)N[C@@H](Cc2ccc(OC(C)(C)C)cc2)C(=O)N[C@@H](Cc2ccccc2)C(=O)O)cc1. The minimum atomic E-state index is -1.28. The van der Waals surface area contributed by atoms with Crippen molar-refractivity contribution in [2.75, 3.05) is 6.61 Å². The van der Waals surface area contributed by atoms with E-state index < -0.39 is 53.2 Å². The molecule has 0 radical (unpaired) electrons. The first-order valence-corrected chi connectivity index (χ1v) is 20.6. The minimum absolute atomic E-state index is 0.0154. The van der Waals surface area contributed by atoms with Gasteiger partial charge in [0.05, 0.1) is 0 Å². The number of amides is 3. The molecule has 1 aliphatic rings. The maximum atomic E-state index is 14.4. The molecular weight excluding hydrogens is 771 g/mol. The molecule has 1 aliphatic carbocycles. The van der Waals surface area contributed by atoms with Gasteiger partial charge in [-0.1, -0.05) is 103 Å². The summed E-state index contributed by atoms with van der Waals surface area (Å²) in [7, 11) is 0. The first-order valence-electron chi connectivity index (χ1n) is 20.6. The van der Waals surface area contributed by atoms with Gasteiger partial charge in [0.2, 0.25) is 11.8 Å². The molecule has 318 valence electrons. The van der Waals surface area contributed by atoms with E-state index in [2.05, 4.69) is 16.0 Å². The molecule has 4 N–H and O–H groups in total. The van der Waals surface area contributed by atoms with Crippen LogP contribution in [0.2, 0.25) is 0 Å². The Kier molecular flexibility index (Phi) is 13.8. The number of carboxylic acids is 1. The van der Waals surface area contributed by atoms with E-state index >= 15 is 0 Å². The van der Waals surface area contributed by atoms with Crippen molar-refractivity contribution in [1.29, 1.82) is 0 Å². The number of hydrogen-bond acceptors (Lipinski definition) is 7. The van der Waals surface area contributed by atoms with Crippen molar-refractivity contribution >= 4 is 23.9 Å². The van der Waals surface area contributed by atoms with Crippen LogP contribution in [0.1, 0.15) is 75.3 Å². The summed E-state index contributed by atoms with van der Waals surface area (Å²) >= 11 is 0. The standard InChI is InChI=1S/C50H55N3O8/c1-49(2,3)60-35-24-20-33(21-25-35)28-42(45(54)52-44(47(56)57)30-32-14-8-7-9-15-32)51-46(55)43(29-34-22-26-36(27-23-34)61-50(4,5)6)53-48(58)59-31-41-39-18-12-10-16-37(39)38-17-11-13-19-40(38)41/h7-27,41-44H,28-31H2,1-6H3,(H,51,55)(H,52,54)(H,53,58)(H,56,57)/t42-,43-,44-/m0/s1. The van der Waals surface area contributed by atoms with Gasteiger partial charge < -0.3 is 35.3 Å². The molecule has 0 aromatic heterocycles. The van der Waals surface area contributed by atoms with Crippen LogP contribution in [-0.2, 0) is 38.4 Å². The molecule has 0 saturated heterocycles. The molecule has 5 aromatic rings. The number of aliphatic carboxylic acids is 1. The monoisotopic (exact) mass is 825 g/mol. The summed E-state index contributed by atoms with van der Waals surface area (Å²) < 4.78 is 17.8. The molecule has 3 amide bonds. The van der Waals surface area contributed by atoms with Crippen molar-refractivity contribution in [3.05, 3.63) is 155 Å². The Morgan fingerprint density at radius 3 is 1.38 bits per heavy atom. The largest absolute Gasteiger partial charge is 0.488 e. The van der Waals surface area contributed by atoms with Crippen molar-refractivity contribution < 1.29 is 38.5 Å². The number of carboxylic acid groups (broad SMARTS) is 1. The third-order valence-electron chi connectivity index (χ3n) is 10.1. The van der Waals surface area contributed by atoms with Gasteiger partial charge in [0, 0.05) is 25.2 Å². The van der Waals surface area contributed by atoms with E-state index in [-0.39, 0.29) is 31.8 Å². The molecule has 0 unspecified atom stereocenters. The number of carbonyl (C=O) groups excluding carboxylic acids is 3. The summed E-state index contributed by atoms with van der Waals surface area (Å²) in [6, 6.07) is 35.6. The average Bonchev–Trinajstić information content (AvgIpc) is 3.53. The van der Waals surface area contributed by atoms with Gasteiger partial charge in [-0.05, 0) is 105 Å². The molecule has 61 heavy (non-hydrogen) atoms. The molecule has 0 heterocycles. The van der Waals surface area contributed by atoms with Crippen molar-refractivity contribution in [3.63, 3.8) is 0 Å². The Morgan fingerprint density at radius 1 is 0.525 bits per heavy atom. The highest BCUT2D eigenvalue weighted by atomic mass is 16.5. The highest BCUT2D eigenvalue weighted by Gasteiger charge is 2.33. The quantitative estimate of drug-likeness (QED) is 0.0781. The van der Waals surface area contributed by atoms with Gasteiger partial charge in [-0.15, -0.1) is 0 Å². The zero-order valence-corrected chi connectivity index (χ0v) is 35.6. The molecule has 0 aliphatic heterocycles. The Bertz CT molecular complexity index is 2250. The fraction of sp³-hybridized carbons (Fsp3) is 0.320. The second-order valence-electron chi connectivity index (χ2n) is 17.3. The van der Waals surface area contributed by atoms with Crippen molar-refractivity contribution in [3.8, 4) is 22.6 Å². The van der Waals surface area contributed by atoms with E-state index in [1.807, 2.05) is 108 Å². The highest BCUT2D eigenvalue weighted by Crippen LogP contribution is 2.44. The van der Waals surface area contributed by atoms with E-state index in [0.29, 0.717) is 22.6 Å². The summed E-state index contributed by atoms with van der Waals surface area (Å²) in [6.07, 6.45) is -0.715. The maximum Gasteiger partial charge on any atom is 0.407 e. The maximum absolute atomic E-state index is 14.4. The molecule has 0 fully saturated rings. The molecule has 5 aromatic carbocycles. The summed E-state index contributed by atoms with van der Waals surface area (Å²) in [4.78, 5) is 54.7. The van der Waals surface area contributed by atoms with Gasteiger partial charge >= 0.3 is 12.1 Å². The fourth-order valence-corrected chi connectivity index (χ4v) is 7.36. The number of alkyl carbamates (subject to hydrolysis) is 1. The van der Waals surface area contributed by atoms with Gasteiger partial charge in [-0.2, -0.15) is 0 Å². The number of nitrogens with one attached hydrogen (secondary N) is 3. The van der Waals surface area contributed by atoms with Crippen LogP contribution in [-0.4, -0.2) is 64.9 Å². The Balaban J connectivity index is 1.24. The molecule has 0 spiro atoms. The Labute approximate surface area is 357 Å². The fourth-order valence-electron chi connectivity index (χ4n) is 7.36. The summed E-state index contributed by atoms with van der Waals surface area (Å²) in [5.74, 6) is -1.52. The lowest BCUT2D eigenvalue weighted by molar-refractivity contribution is -0.142. The van der Waals surface area contributed by atoms with Crippen molar-refractivity contribution in [2.45, 2.75) is 96.1 Å². The lowest BCUT2D eigenvalue weighted by Crippen LogP contribution is -2.57. The molecule has 6 rings (SSSR count). The number of ether oxygens (including phenoxy) is 3. The lowest BCUT2D eigenvalue weighted by Gasteiger charge is -2.25. The lowest BCUT2D eigenvalue weighted by atomic mass is 9.98. The molecule has 11 nitrogen and oxygen atoms in total. The van der Waals surface area contributed by atoms with E-state index in [0.717, 1.165) is 27.8 Å². The van der Waals surface area contributed by atoms with Crippen molar-refractivity contribution in [1.82, 2.24) is 16.0 Å². The Morgan fingerprint density at radius 2 is 0.918 bits per heavy atom. The second-order valence-corrected chi connectivity index (χ2v) is 17.3. The molecule has 0 saturated carbocycles. The first kappa shape index (κ1) is 43.9. The van der Waals surface area contributed by atoms with E-state index in [9.17, 15) is 24.3 Å². The average molecular weight is 826 g/mol. The number of carbonyl (C=O) groups is 4. The zero-order chi connectivity index (χ0) is 43.7. The normalized spacial score (nSPS) is 13.7.